The van der Waals surface area contributed by atoms with Crippen molar-refractivity contribution in [2.24, 2.45) is 5.41 Å². The summed E-state index contributed by atoms with van der Waals surface area (Å²) in [6.45, 7) is 5.76. The summed E-state index contributed by atoms with van der Waals surface area (Å²) in [5.41, 5.74) is 1.81. The van der Waals surface area contributed by atoms with E-state index in [1.54, 1.807) is 13.0 Å². The Kier molecular flexibility index (Phi) is 4.54. The van der Waals surface area contributed by atoms with E-state index >= 15 is 0 Å². The first kappa shape index (κ1) is 17.2. The molecule has 6 heteroatoms. The fourth-order valence-electron chi connectivity index (χ4n) is 4.22. The number of hydrogen-bond acceptors (Lipinski definition) is 5. The summed E-state index contributed by atoms with van der Waals surface area (Å²) in [7, 11) is 2.15. The minimum Gasteiger partial charge on any atom is -0.375 e. The molecule has 1 atom stereocenters. The smallest absolute Gasteiger partial charge is 0.276 e. The molecule has 2 fully saturated rings. The number of ether oxygens (including phenoxy) is 1. The highest BCUT2D eigenvalue weighted by atomic mass is 16.5. The van der Waals surface area contributed by atoms with Gasteiger partial charge in [0.25, 0.3) is 5.91 Å². The van der Waals surface area contributed by atoms with Crippen LogP contribution in [-0.4, -0.2) is 60.2 Å². The zero-order chi connectivity index (χ0) is 18.1. The van der Waals surface area contributed by atoms with E-state index in [0.717, 1.165) is 32.7 Å². The van der Waals surface area contributed by atoms with Crippen molar-refractivity contribution in [1.29, 1.82) is 0 Å². The molecule has 0 N–H and O–H groups in total. The van der Waals surface area contributed by atoms with E-state index in [2.05, 4.69) is 29.2 Å². The van der Waals surface area contributed by atoms with Crippen molar-refractivity contribution < 1.29 is 14.1 Å². The van der Waals surface area contributed by atoms with Crippen LogP contribution in [0.3, 0.4) is 0 Å². The van der Waals surface area contributed by atoms with E-state index in [4.69, 9.17) is 9.26 Å². The molecule has 1 aromatic heterocycles. The molecule has 138 valence electrons. The molecule has 2 aromatic rings. The van der Waals surface area contributed by atoms with Crippen LogP contribution in [0.4, 0.5) is 0 Å². The van der Waals surface area contributed by atoms with Crippen molar-refractivity contribution in [2.45, 2.75) is 26.0 Å². The van der Waals surface area contributed by atoms with Crippen molar-refractivity contribution in [3.63, 3.8) is 0 Å². The quantitative estimate of drug-likeness (QED) is 0.824. The highest BCUT2D eigenvalue weighted by molar-refractivity contribution is 5.92. The number of benzene rings is 1. The van der Waals surface area contributed by atoms with Crippen LogP contribution in [0.2, 0.25) is 0 Å². The molecular formula is C20H25N3O3. The molecule has 2 aliphatic heterocycles. The van der Waals surface area contributed by atoms with Crippen LogP contribution >= 0.6 is 0 Å². The monoisotopic (exact) mass is 355 g/mol. The van der Waals surface area contributed by atoms with E-state index in [9.17, 15) is 4.79 Å². The third-order valence-electron chi connectivity index (χ3n) is 5.49. The number of rotatable bonds is 5. The van der Waals surface area contributed by atoms with Crippen molar-refractivity contribution >= 4 is 5.91 Å². The zero-order valence-electron chi connectivity index (χ0n) is 15.4. The average Bonchev–Trinajstić information content (AvgIpc) is 3.18. The Labute approximate surface area is 153 Å². The molecule has 4 rings (SSSR count). The lowest BCUT2D eigenvalue weighted by atomic mass is 9.77. The minimum absolute atomic E-state index is 0.0288. The van der Waals surface area contributed by atoms with Gasteiger partial charge < -0.3 is 19.1 Å². The molecule has 26 heavy (non-hydrogen) atoms. The molecule has 6 nitrogen and oxygen atoms in total. The molecule has 2 aliphatic rings. The van der Waals surface area contributed by atoms with Crippen LogP contribution in [0, 0.1) is 12.3 Å². The third-order valence-corrected chi connectivity index (χ3v) is 5.49. The lowest BCUT2D eigenvalue weighted by Gasteiger charge is -2.47. The number of carbonyl (C=O) groups is 1. The van der Waals surface area contributed by atoms with Crippen molar-refractivity contribution in [3.8, 4) is 0 Å². The molecule has 0 aliphatic carbocycles. The molecule has 1 amide bonds. The van der Waals surface area contributed by atoms with Crippen LogP contribution in [-0.2, 0) is 11.3 Å². The van der Waals surface area contributed by atoms with Gasteiger partial charge in [-0.15, -0.1) is 0 Å². The molecule has 1 unspecified atom stereocenters. The molecule has 1 spiro atoms. The molecular weight excluding hydrogens is 330 g/mol. The van der Waals surface area contributed by atoms with E-state index in [1.165, 1.54) is 5.56 Å². The van der Waals surface area contributed by atoms with Crippen molar-refractivity contribution in [3.05, 3.63) is 53.4 Å². The maximum Gasteiger partial charge on any atom is 0.276 e. The van der Waals surface area contributed by atoms with Gasteiger partial charge in [-0.1, -0.05) is 35.5 Å². The Bertz CT molecular complexity index is 768. The molecule has 0 radical (unpaired) electrons. The maximum atomic E-state index is 12.4. The summed E-state index contributed by atoms with van der Waals surface area (Å²) in [4.78, 5) is 16.7. The highest BCUT2D eigenvalue weighted by Crippen LogP contribution is 2.42. The van der Waals surface area contributed by atoms with Gasteiger partial charge >= 0.3 is 0 Å². The van der Waals surface area contributed by atoms with Crippen LogP contribution < -0.4 is 0 Å². The summed E-state index contributed by atoms with van der Waals surface area (Å²) in [5, 5.41) is 3.84. The Balaban J connectivity index is 1.27. The predicted molar refractivity (Wildman–Crippen MR) is 96.7 cm³/mol. The Hall–Kier alpha value is -2.18. The number of aromatic nitrogens is 1. The number of aryl methyl sites for hydroxylation is 1. The summed E-state index contributed by atoms with van der Waals surface area (Å²) in [6, 6.07) is 12.4. The van der Waals surface area contributed by atoms with Gasteiger partial charge in [0, 0.05) is 37.2 Å². The van der Waals surface area contributed by atoms with Crippen LogP contribution in [0.1, 0.15) is 28.2 Å². The number of nitrogens with zero attached hydrogens (tertiary/aromatic N) is 3. The summed E-state index contributed by atoms with van der Waals surface area (Å²) in [6.07, 6.45) is 1.07. The summed E-state index contributed by atoms with van der Waals surface area (Å²) < 4.78 is 11.0. The highest BCUT2D eigenvalue weighted by Gasteiger charge is 2.52. The molecule has 0 bridgehead atoms. The first-order valence-electron chi connectivity index (χ1n) is 9.09. The van der Waals surface area contributed by atoms with Gasteiger partial charge in [-0.05, 0) is 26.0 Å². The predicted octanol–water partition coefficient (Wildman–Crippen LogP) is 2.35. The maximum absolute atomic E-state index is 12.4. The van der Waals surface area contributed by atoms with Gasteiger partial charge in [-0.3, -0.25) is 4.79 Å². The standard InChI is InChI=1S/C20H25N3O3/c1-15-8-18(21-26-15)19(24)23-13-20(14-23)9-17(22(2)12-20)11-25-10-16-6-4-3-5-7-16/h3-8,17H,9-14H2,1-2H3. The largest absolute Gasteiger partial charge is 0.375 e. The van der Waals surface area contributed by atoms with Gasteiger partial charge in [-0.25, -0.2) is 0 Å². The molecule has 2 saturated heterocycles. The average molecular weight is 355 g/mol. The van der Waals surface area contributed by atoms with Gasteiger partial charge in [-0.2, -0.15) is 0 Å². The Morgan fingerprint density at radius 2 is 2.08 bits per heavy atom. The van der Waals surface area contributed by atoms with Crippen LogP contribution in [0.5, 0.6) is 0 Å². The Morgan fingerprint density at radius 3 is 2.77 bits per heavy atom. The van der Waals surface area contributed by atoms with Gasteiger partial charge in [0.05, 0.1) is 13.2 Å². The number of amides is 1. The normalized spacial score (nSPS) is 21.9. The number of hydrogen-bond donors (Lipinski definition) is 0. The third kappa shape index (κ3) is 3.39. The van der Waals surface area contributed by atoms with E-state index in [0.29, 0.717) is 24.1 Å². The van der Waals surface area contributed by atoms with E-state index in [-0.39, 0.29) is 11.3 Å². The lowest BCUT2D eigenvalue weighted by molar-refractivity contribution is 0.0101. The van der Waals surface area contributed by atoms with E-state index < -0.39 is 0 Å². The summed E-state index contributed by atoms with van der Waals surface area (Å²) in [5.74, 6) is 0.638. The fraction of sp³-hybridized carbons (Fsp3) is 0.500. The fourth-order valence-corrected chi connectivity index (χ4v) is 4.22. The second-order valence-corrected chi connectivity index (χ2v) is 7.76. The molecule has 3 heterocycles. The SMILES string of the molecule is Cc1cc(C(=O)N2CC3(CC(COCc4ccccc4)N(C)C3)C2)no1. The van der Waals surface area contributed by atoms with Gasteiger partial charge in [0.2, 0.25) is 0 Å². The zero-order valence-corrected chi connectivity index (χ0v) is 15.4. The van der Waals surface area contributed by atoms with Crippen LogP contribution in [0.15, 0.2) is 40.9 Å². The minimum atomic E-state index is -0.0288. The number of likely N-dealkylation sites (N-methyl/N-ethyl adjacent to an activating group) is 1. The Morgan fingerprint density at radius 1 is 1.31 bits per heavy atom. The second kappa shape index (κ2) is 6.85. The van der Waals surface area contributed by atoms with Crippen LogP contribution in [0.25, 0.3) is 0 Å². The lowest BCUT2D eigenvalue weighted by Crippen LogP contribution is -2.59. The van der Waals surface area contributed by atoms with Crippen molar-refractivity contribution in [2.75, 3.05) is 33.3 Å². The van der Waals surface area contributed by atoms with Gasteiger partial charge in [0.15, 0.2) is 5.69 Å². The van der Waals surface area contributed by atoms with Crippen molar-refractivity contribution in [1.82, 2.24) is 15.0 Å². The van der Waals surface area contributed by atoms with E-state index in [1.807, 2.05) is 23.1 Å². The first-order chi connectivity index (χ1) is 12.5. The number of likely N-dealkylation sites (tertiary alicyclic amines) is 2. The second-order valence-electron chi connectivity index (χ2n) is 7.76. The topological polar surface area (TPSA) is 58.8 Å². The molecule has 1 aromatic carbocycles. The van der Waals surface area contributed by atoms with Gasteiger partial charge in [0.1, 0.15) is 5.76 Å². The first-order valence-corrected chi connectivity index (χ1v) is 9.09. The summed E-state index contributed by atoms with van der Waals surface area (Å²) >= 11 is 0. The molecule has 0 saturated carbocycles. The number of carbonyl (C=O) groups excluding carboxylic acids is 1.